The van der Waals surface area contributed by atoms with Gasteiger partial charge in [-0.15, -0.1) is 0 Å². The molecule has 3 heterocycles. The highest BCUT2D eigenvalue weighted by Crippen LogP contribution is 2.32. The topological polar surface area (TPSA) is 83.7 Å². The second-order valence-corrected chi connectivity index (χ2v) is 10.3. The molecule has 0 atom stereocenters. The van der Waals surface area contributed by atoms with Crippen LogP contribution in [0.4, 0.5) is 4.39 Å². The van der Waals surface area contributed by atoms with E-state index in [0.29, 0.717) is 48.8 Å². The summed E-state index contributed by atoms with van der Waals surface area (Å²) in [6, 6.07) is 3.81. The maximum atomic E-state index is 13.6. The van der Waals surface area contributed by atoms with Gasteiger partial charge in [-0.2, -0.15) is 4.31 Å². The molecule has 4 rings (SSSR count). The summed E-state index contributed by atoms with van der Waals surface area (Å²) in [6.45, 7) is 5.49. The number of piperidine rings is 2. The third kappa shape index (κ3) is 4.39. The normalized spacial score (nSPS) is 19.0. The summed E-state index contributed by atoms with van der Waals surface area (Å²) in [5, 5.41) is 0. The van der Waals surface area contributed by atoms with Crippen LogP contribution in [0.1, 0.15) is 65.7 Å². The zero-order valence-electron chi connectivity index (χ0n) is 17.9. The van der Waals surface area contributed by atoms with Gasteiger partial charge in [0.15, 0.2) is 11.6 Å². The Hall–Kier alpha value is -2.26. The van der Waals surface area contributed by atoms with Crippen LogP contribution in [0, 0.1) is 19.7 Å². The number of likely N-dealkylation sites (tertiary alicyclic amines) is 1. The molecule has 0 aliphatic carbocycles. The Bertz CT molecular complexity index is 1070. The molecule has 0 saturated carbocycles. The third-order valence-corrected chi connectivity index (χ3v) is 8.27. The maximum Gasteiger partial charge on any atom is 0.276 e. The van der Waals surface area contributed by atoms with E-state index in [1.54, 1.807) is 13.8 Å². The molecule has 31 heavy (non-hydrogen) atoms. The van der Waals surface area contributed by atoms with Gasteiger partial charge in [0, 0.05) is 32.1 Å². The number of aromatic nitrogens is 1. The lowest BCUT2D eigenvalue weighted by Crippen LogP contribution is -2.38. The molecule has 1 aromatic heterocycles. The lowest BCUT2D eigenvalue weighted by atomic mass is 9.98. The van der Waals surface area contributed by atoms with E-state index < -0.39 is 15.8 Å². The summed E-state index contributed by atoms with van der Waals surface area (Å²) in [5.41, 5.74) is 0.884. The van der Waals surface area contributed by atoms with Gasteiger partial charge in [0.2, 0.25) is 10.0 Å². The van der Waals surface area contributed by atoms with Gasteiger partial charge in [0.1, 0.15) is 11.6 Å². The highest BCUT2D eigenvalue weighted by atomic mass is 32.2. The van der Waals surface area contributed by atoms with Crippen LogP contribution in [0.25, 0.3) is 0 Å². The van der Waals surface area contributed by atoms with E-state index >= 15 is 0 Å². The van der Waals surface area contributed by atoms with Gasteiger partial charge in [-0.05, 0) is 63.6 Å². The van der Waals surface area contributed by atoms with Gasteiger partial charge < -0.3 is 9.32 Å². The minimum absolute atomic E-state index is 0.00679. The molecule has 2 aromatic rings. The number of hydrogen-bond acceptors (Lipinski definition) is 5. The van der Waals surface area contributed by atoms with E-state index in [2.05, 4.69) is 4.98 Å². The molecule has 0 unspecified atom stereocenters. The van der Waals surface area contributed by atoms with E-state index in [1.807, 2.05) is 4.90 Å². The molecule has 1 amide bonds. The van der Waals surface area contributed by atoms with Crippen molar-refractivity contribution in [2.24, 2.45) is 0 Å². The SMILES string of the molecule is Cc1ccc(F)cc1S(=O)(=O)N1CCC(c2nc(C(=O)N3CCCCC3)c(C)o2)CC1. The van der Waals surface area contributed by atoms with E-state index in [0.717, 1.165) is 38.4 Å². The second kappa shape index (κ2) is 8.70. The second-order valence-electron chi connectivity index (χ2n) is 8.40. The van der Waals surface area contributed by atoms with Crippen molar-refractivity contribution in [2.75, 3.05) is 26.2 Å². The Morgan fingerprint density at radius 2 is 1.77 bits per heavy atom. The number of carbonyl (C=O) groups is 1. The van der Waals surface area contributed by atoms with Gasteiger partial charge in [-0.1, -0.05) is 6.07 Å². The van der Waals surface area contributed by atoms with Crippen LogP contribution >= 0.6 is 0 Å². The van der Waals surface area contributed by atoms with Crippen molar-refractivity contribution in [3.8, 4) is 0 Å². The first-order valence-corrected chi connectivity index (χ1v) is 12.2. The molecule has 0 N–H and O–H groups in total. The zero-order valence-corrected chi connectivity index (χ0v) is 18.8. The summed E-state index contributed by atoms with van der Waals surface area (Å²) in [7, 11) is -3.77. The van der Waals surface area contributed by atoms with Gasteiger partial charge >= 0.3 is 0 Å². The fourth-order valence-electron chi connectivity index (χ4n) is 4.37. The van der Waals surface area contributed by atoms with Gasteiger partial charge in [-0.25, -0.2) is 17.8 Å². The Balaban J connectivity index is 1.45. The van der Waals surface area contributed by atoms with Crippen molar-refractivity contribution in [1.29, 1.82) is 0 Å². The van der Waals surface area contributed by atoms with Crippen molar-refractivity contribution in [1.82, 2.24) is 14.2 Å². The fourth-order valence-corrected chi connectivity index (χ4v) is 6.08. The standard InChI is InChI=1S/C22H28FN3O4S/c1-15-6-7-18(23)14-19(15)31(28,29)26-12-8-17(9-13-26)21-24-20(16(2)30-21)22(27)25-10-4-3-5-11-25/h6-7,14,17H,3-5,8-13H2,1-2H3. The van der Waals surface area contributed by atoms with Crippen molar-refractivity contribution < 1.29 is 22.0 Å². The van der Waals surface area contributed by atoms with Crippen molar-refractivity contribution in [3.63, 3.8) is 0 Å². The largest absolute Gasteiger partial charge is 0.445 e. The fraction of sp³-hybridized carbons (Fsp3) is 0.545. The first kappa shape index (κ1) is 22.0. The maximum absolute atomic E-state index is 13.6. The number of amides is 1. The van der Waals surface area contributed by atoms with Crippen molar-refractivity contribution >= 4 is 15.9 Å². The predicted molar refractivity (Wildman–Crippen MR) is 113 cm³/mol. The average molecular weight is 450 g/mol. The molecule has 2 fully saturated rings. The highest BCUT2D eigenvalue weighted by molar-refractivity contribution is 7.89. The Labute approximate surface area is 182 Å². The lowest BCUT2D eigenvalue weighted by Gasteiger charge is -2.30. The molecule has 0 bridgehead atoms. The van der Waals surface area contributed by atoms with Crippen LogP contribution in [-0.2, 0) is 10.0 Å². The molecule has 2 aliphatic rings. The number of benzene rings is 1. The quantitative estimate of drug-likeness (QED) is 0.712. The first-order chi connectivity index (χ1) is 14.8. The summed E-state index contributed by atoms with van der Waals surface area (Å²) in [6.07, 6.45) is 4.22. The van der Waals surface area contributed by atoms with Crippen LogP contribution in [-0.4, -0.2) is 54.7 Å². The number of oxazole rings is 1. The summed E-state index contributed by atoms with van der Waals surface area (Å²) in [4.78, 5) is 19.1. The molecule has 9 heteroatoms. The molecule has 2 saturated heterocycles. The smallest absolute Gasteiger partial charge is 0.276 e. The Morgan fingerprint density at radius 1 is 1.10 bits per heavy atom. The third-order valence-electron chi connectivity index (χ3n) is 6.23. The highest BCUT2D eigenvalue weighted by Gasteiger charge is 2.34. The molecule has 168 valence electrons. The van der Waals surface area contributed by atoms with Crippen molar-refractivity contribution in [3.05, 3.63) is 46.9 Å². The van der Waals surface area contributed by atoms with E-state index in [1.165, 1.54) is 16.4 Å². The van der Waals surface area contributed by atoms with E-state index in [4.69, 9.17) is 4.42 Å². The Kier molecular flexibility index (Phi) is 6.16. The average Bonchev–Trinajstić information content (AvgIpc) is 3.17. The number of carbonyl (C=O) groups excluding carboxylic acids is 1. The number of rotatable bonds is 4. The number of sulfonamides is 1. The molecule has 1 aromatic carbocycles. The van der Waals surface area contributed by atoms with E-state index in [-0.39, 0.29) is 16.7 Å². The zero-order chi connectivity index (χ0) is 22.2. The summed E-state index contributed by atoms with van der Waals surface area (Å²) in [5.74, 6) is 0.295. The van der Waals surface area contributed by atoms with Crippen molar-refractivity contribution in [2.45, 2.75) is 56.8 Å². The van der Waals surface area contributed by atoms with Gasteiger partial charge in [0.05, 0.1) is 4.90 Å². The monoisotopic (exact) mass is 449 g/mol. The number of halogens is 1. The van der Waals surface area contributed by atoms with Gasteiger partial charge in [0.25, 0.3) is 5.91 Å². The molecule has 0 radical (unpaired) electrons. The molecular formula is C22H28FN3O4S. The summed E-state index contributed by atoms with van der Waals surface area (Å²) < 4.78 is 46.8. The predicted octanol–water partition coefficient (Wildman–Crippen LogP) is 3.62. The van der Waals surface area contributed by atoms with Crippen LogP contribution < -0.4 is 0 Å². The minimum atomic E-state index is -3.77. The number of aryl methyl sites for hydroxylation is 2. The Morgan fingerprint density at radius 3 is 2.45 bits per heavy atom. The molecular weight excluding hydrogens is 421 g/mol. The van der Waals surface area contributed by atoms with Crippen LogP contribution in [0.15, 0.2) is 27.5 Å². The van der Waals surface area contributed by atoms with Gasteiger partial charge in [-0.3, -0.25) is 4.79 Å². The van der Waals surface area contributed by atoms with Crippen LogP contribution in [0.3, 0.4) is 0 Å². The number of hydrogen-bond donors (Lipinski definition) is 0. The van der Waals surface area contributed by atoms with E-state index in [9.17, 15) is 17.6 Å². The molecule has 0 spiro atoms. The van der Waals surface area contributed by atoms with Crippen LogP contribution in [0.5, 0.6) is 0 Å². The number of nitrogens with zero attached hydrogens (tertiary/aromatic N) is 3. The minimum Gasteiger partial charge on any atom is -0.445 e. The summed E-state index contributed by atoms with van der Waals surface area (Å²) >= 11 is 0. The molecule has 7 nitrogen and oxygen atoms in total. The van der Waals surface area contributed by atoms with Crippen LogP contribution in [0.2, 0.25) is 0 Å². The first-order valence-electron chi connectivity index (χ1n) is 10.8. The molecule has 2 aliphatic heterocycles. The lowest BCUT2D eigenvalue weighted by molar-refractivity contribution is 0.0717.